The summed E-state index contributed by atoms with van der Waals surface area (Å²) in [7, 11) is 0. The number of amides is 3. The van der Waals surface area contributed by atoms with Crippen molar-refractivity contribution in [3.8, 4) is 22.7 Å². The molecule has 8 heteroatoms. The number of hydrogen-bond acceptors (Lipinski definition) is 4. The fraction of sp³-hybridized carbons (Fsp3) is 0.281. The molecule has 4 rings (SSSR count). The van der Waals surface area contributed by atoms with Crippen molar-refractivity contribution in [3.05, 3.63) is 90.0 Å². The molecule has 0 radical (unpaired) electrons. The molecule has 3 amide bonds. The average molecular weight is 540 g/mol. The highest BCUT2D eigenvalue weighted by Crippen LogP contribution is 2.27. The lowest BCUT2D eigenvalue weighted by Crippen LogP contribution is -2.42. The minimum absolute atomic E-state index is 0.111. The van der Waals surface area contributed by atoms with Crippen LogP contribution in [0.5, 0.6) is 5.75 Å². The number of nitrogens with one attached hydrogen (secondary N) is 2. The number of hydrogen-bond donors (Lipinski definition) is 2. The van der Waals surface area contributed by atoms with Crippen molar-refractivity contribution in [1.29, 1.82) is 0 Å². The van der Waals surface area contributed by atoms with E-state index in [4.69, 9.17) is 9.84 Å². The second-order valence-electron chi connectivity index (χ2n) is 10.2. The third-order valence-corrected chi connectivity index (χ3v) is 6.25. The van der Waals surface area contributed by atoms with E-state index >= 15 is 0 Å². The predicted octanol–water partition coefficient (Wildman–Crippen LogP) is 6.68. The summed E-state index contributed by atoms with van der Waals surface area (Å²) in [5, 5.41) is 10.7. The van der Waals surface area contributed by atoms with Crippen molar-refractivity contribution in [2.75, 3.05) is 30.3 Å². The van der Waals surface area contributed by atoms with E-state index in [0.717, 1.165) is 33.8 Å². The number of benzene rings is 3. The van der Waals surface area contributed by atoms with Crippen molar-refractivity contribution in [2.24, 2.45) is 5.92 Å². The van der Waals surface area contributed by atoms with Gasteiger partial charge in [-0.3, -0.25) is 4.79 Å². The van der Waals surface area contributed by atoms with Crippen molar-refractivity contribution in [2.45, 2.75) is 34.6 Å². The molecule has 2 N–H and O–H groups in total. The first-order chi connectivity index (χ1) is 19.2. The molecule has 0 aliphatic rings. The Balaban J connectivity index is 1.56. The van der Waals surface area contributed by atoms with Gasteiger partial charge in [0.1, 0.15) is 18.1 Å². The molecule has 0 bridgehead atoms. The van der Waals surface area contributed by atoms with Gasteiger partial charge in [0, 0.05) is 23.9 Å². The number of ether oxygens (including phenoxy) is 1. The fourth-order valence-electron chi connectivity index (χ4n) is 4.47. The van der Waals surface area contributed by atoms with Crippen molar-refractivity contribution in [1.82, 2.24) is 14.7 Å². The van der Waals surface area contributed by atoms with Gasteiger partial charge < -0.3 is 20.3 Å². The van der Waals surface area contributed by atoms with E-state index in [-0.39, 0.29) is 24.4 Å². The summed E-state index contributed by atoms with van der Waals surface area (Å²) in [6.45, 7) is 10.9. The van der Waals surface area contributed by atoms with Gasteiger partial charge in [0.25, 0.3) is 0 Å². The minimum Gasteiger partial charge on any atom is -0.494 e. The minimum atomic E-state index is -0.346. The molecule has 208 valence electrons. The summed E-state index contributed by atoms with van der Waals surface area (Å²) in [6, 6.07) is 24.6. The Bertz CT molecular complexity index is 1450. The van der Waals surface area contributed by atoms with Crippen LogP contribution in [0.1, 0.15) is 31.9 Å². The fourth-order valence-corrected chi connectivity index (χ4v) is 4.47. The molecule has 0 fully saturated rings. The Morgan fingerprint density at radius 2 is 1.68 bits per heavy atom. The molecule has 0 aliphatic carbocycles. The molecule has 0 saturated heterocycles. The normalized spacial score (nSPS) is 10.8. The Morgan fingerprint density at radius 3 is 2.33 bits per heavy atom. The van der Waals surface area contributed by atoms with Gasteiger partial charge in [-0.05, 0) is 62.6 Å². The van der Waals surface area contributed by atoms with Crippen molar-refractivity contribution >= 4 is 23.4 Å². The van der Waals surface area contributed by atoms with Crippen LogP contribution < -0.4 is 15.4 Å². The maximum Gasteiger partial charge on any atom is 0.322 e. The SMILES string of the molecule is CCOc1ccc(NC(=O)N(CC(=O)Nc2cc(-c3ccccc3)nn2-c2ccc(C)cc2C)CC(C)C)cc1. The van der Waals surface area contributed by atoms with Gasteiger partial charge in [-0.15, -0.1) is 0 Å². The third-order valence-electron chi connectivity index (χ3n) is 6.25. The van der Waals surface area contributed by atoms with Crippen LogP contribution in [-0.4, -0.2) is 46.3 Å². The van der Waals surface area contributed by atoms with Crippen LogP contribution in [0.25, 0.3) is 16.9 Å². The zero-order chi connectivity index (χ0) is 28.6. The summed E-state index contributed by atoms with van der Waals surface area (Å²) in [4.78, 5) is 28.1. The van der Waals surface area contributed by atoms with Crippen LogP contribution in [-0.2, 0) is 4.79 Å². The van der Waals surface area contributed by atoms with Crippen LogP contribution in [0, 0.1) is 19.8 Å². The molecule has 40 heavy (non-hydrogen) atoms. The largest absolute Gasteiger partial charge is 0.494 e. The second kappa shape index (κ2) is 13.0. The van der Waals surface area contributed by atoms with Gasteiger partial charge in [0.15, 0.2) is 0 Å². The van der Waals surface area contributed by atoms with Crippen LogP contribution in [0.15, 0.2) is 78.9 Å². The van der Waals surface area contributed by atoms with E-state index in [1.807, 2.05) is 83.1 Å². The highest BCUT2D eigenvalue weighted by atomic mass is 16.5. The molecular weight excluding hydrogens is 502 g/mol. The smallest absolute Gasteiger partial charge is 0.322 e. The Morgan fingerprint density at radius 1 is 0.950 bits per heavy atom. The number of carbonyl (C=O) groups is 2. The number of carbonyl (C=O) groups excluding carboxylic acids is 2. The standard InChI is InChI=1S/C32H37N5O3/c1-6-40-27-15-13-26(14-16-27)33-32(39)36(20-22(2)3)21-31(38)34-30-19-28(25-10-8-7-9-11-25)35-37(30)29-17-12-23(4)18-24(29)5/h7-19,22H,6,20-21H2,1-5H3,(H,33,39)(H,34,38). The van der Waals surface area contributed by atoms with Crippen molar-refractivity contribution in [3.63, 3.8) is 0 Å². The van der Waals surface area contributed by atoms with E-state index in [1.54, 1.807) is 28.9 Å². The average Bonchev–Trinajstić information content (AvgIpc) is 3.33. The Labute approximate surface area is 236 Å². The number of aromatic nitrogens is 2. The number of aryl methyl sites for hydroxylation is 2. The third kappa shape index (κ3) is 7.28. The highest BCUT2D eigenvalue weighted by molar-refractivity contribution is 5.97. The molecule has 8 nitrogen and oxygen atoms in total. The van der Waals surface area contributed by atoms with Gasteiger partial charge in [0.2, 0.25) is 5.91 Å². The summed E-state index contributed by atoms with van der Waals surface area (Å²) in [5.41, 5.74) is 5.36. The molecule has 1 heterocycles. The van der Waals surface area contributed by atoms with E-state index in [1.165, 1.54) is 4.90 Å². The zero-order valence-corrected chi connectivity index (χ0v) is 23.8. The molecule has 1 aromatic heterocycles. The molecule has 4 aromatic rings. The molecule has 0 spiro atoms. The Hall–Kier alpha value is -4.59. The maximum atomic E-state index is 13.4. The number of rotatable bonds is 10. The maximum absolute atomic E-state index is 13.4. The first kappa shape index (κ1) is 28.4. The van der Waals surface area contributed by atoms with E-state index in [2.05, 4.69) is 16.7 Å². The van der Waals surface area contributed by atoms with Gasteiger partial charge in [-0.2, -0.15) is 5.10 Å². The van der Waals surface area contributed by atoms with Crippen LogP contribution in [0.2, 0.25) is 0 Å². The second-order valence-corrected chi connectivity index (χ2v) is 10.2. The van der Waals surface area contributed by atoms with E-state index in [0.29, 0.717) is 24.7 Å². The molecule has 0 saturated carbocycles. The monoisotopic (exact) mass is 539 g/mol. The van der Waals surface area contributed by atoms with Crippen LogP contribution >= 0.6 is 0 Å². The van der Waals surface area contributed by atoms with Gasteiger partial charge in [-0.1, -0.05) is 61.9 Å². The molecular formula is C32H37N5O3. The van der Waals surface area contributed by atoms with Gasteiger partial charge >= 0.3 is 6.03 Å². The van der Waals surface area contributed by atoms with Crippen molar-refractivity contribution < 1.29 is 14.3 Å². The topological polar surface area (TPSA) is 88.5 Å². The van der Waals surface area contributed by atoms with Gasteiger partial charge in [-0.25, -0.2) is 9.48 Å². The van der Waals surface area contributed by atoms with Gasteiger partial charge in [0.05, 0.1) is 18.0 Å². The number of nitrogens with zero attached hydrogens (tertiary/aromatic N) is 3. The lowest BCUT2D eigenvalue weighted by Gasteiger charge is -2.24. The first-order valence-corrected chi connectivity index (χ1v) is 13.5. The zero-order valence-electron chi connectivity index (χ0n) is 23.8. The van der Waals surface area contributed by atoms with Crippen LogP contribution in [0.4, 0.5) is 16.3 Å². The predicted molar refractivity (Wildman–Crippen MR) is 160 cm³/mol. The number of anilines is 2. The highest BCUT2D eigenvalue weighted by Gasteiger charge is 2.21. The molecule has 3 aromatic carbocycles. The first-order valence-electron chi connectivity index (χ1n) is 13.5. The van der Waals surface area contributed by atoms with E-state index < -0.39 is 0 Å². The summed E-state index contributed by atoms with van der Waals surface area (Å²) in [5.74, 6) is 1.12. The lowest BCUT2D eigenvalue weighted by molar-refractivity contribution is -0.116. The van der Waals surface area contributed by atoms with E-state index in [9.17, 15) is 9.59 Å². The Kier molecular flexibility index (Phi) is 9.22. The quantitative estimate of drug-likeness (QED) is 0.235. The molecule has 0 aliphatic heterocycles. The van der Waals surface area contributed by atoms with Crippen LogP contribution in [0.3, 0.4) is 0 Å². The molecule has 0 unspecified atom stereocenters. The summed E-state index contributed by atoms with van der Waals surface area (Å²) < 4.78 is 7.23. The molecule has 0 atom stereocenters. The lowest BCUT2D eigenvalue weighted by atomic mass is 10.1. The summed E-state index contributed by atoms with van der Waals surface area (Å²) in [6.07, 6.45) is 0. The summed E-state index contributed by atoms with van der Waals surface area (Å²) >= 11 is 0. The number of urea groups is 1.